The summed E-state index contributed by atoms with van der Waals surface area (Å²) in [5.74, 6) is 0.344. The number of fused-ring (bicyclic) bond motifs is 1. The molecule has 0 fully saturated rings. The third-order valence-corrected chi connectivity index (χ3v) is 6.47. The fourth-order valence-corrected chi connectivity index (χ4v) is 4.93. The predicted octanol–water partition coefficient (Wildman–Crippen LogP) is 5.25. The van der Waals surface area contributed by atoms with E-state index in [1.54, 1.807) is 6.92 Å². The number of esters is 1. The summed E-state index contributed by atoms with van der Waals surface area (Å²) < 4.78 is 11.0. The quantitative estimate of drug-likeness (QED) is 0.654. The highest BCUT2D eigenvalue weighted by atomic mass is 32.1. The van der Waals surface area contributed by atoms with Crippen LogP contribution in [0, 0.1) is 6.92 Å². The highest BCUT2D eigenvalue weighted by Crippen LogP contribution is 2.38. The summed E-state index contributed by atoms with van der Waals surface area (Å²) in [6, 6.07) is 6.05. The molecule has 0 unspecified atom stereocenters. The van der Waals surface area contributed by atoms with Crippen LogP contribution in [0.25, 0.3) is 0 Å². The zero-order valence-corrected chi connectivity index (χ0v) is 18.6. The molecule has 1 N–H and O–H groups in total. The molecule has 0 spiro atoms. The fraction of sp³-hybridized carbons (Fsp3) is 0.478. The highest BCUT2D eigenvalue weighted by Gasteiger charge is 2.28. The molecule has 1 aromatic heterocycles. The zero-order chi connectivity index (χ0) is 21.1. The number of methoxy groups -OCH3 is 1. The molecular formula is C23H29NO4S. The van der Waals surface area contributed by atoms with E-state index in [4.69, 9.17) is 9.47 Å². The number of hydrogen-bond acceptors (Lipinski definition) is 5. The summed E-state index contributed by atoms with van der Waals surface area (Å²) in [6.07, 6.45) is 3.24. The number of benzene rings is 1. The summed E-state index contributed by atoms with van der Waals surface area (Å²) in [5.41, 5.74) is 3.68. The van der Waals surface area contributed by atoms with Crippen molar-refractivity contribution in [3.63, 3.8) is 0 Å². The first-order valence-electron chi connectivity index (χ1n) is 10.1. The van der Waals surface area contributed by atoms with Crippen LogP contribution >= 0.6 is 11.3 Å². The molecule has 1 aliphatic carbocycles. The number of hydrogen-bond donors (Lipinski definition) is 1. The molecule has 1 aliphatic rings. The maximum Gasteiger partial charge on any atom is 0.341 e. The van der Waals surface area contributed by atoms with E-state index >= 15 is 0 Å². The number of rotatable bonds is 6. The van der Waals surface area contributed by atoms with Gasteiger partial charge in [-0.25, -0.2) is 4.79 Å². The Bertz CT molecular complexity index is 916. The third-order valence-electron chi connectivity index (χ3n) is 5.26. The molecule has 2 aromatic rings. The van der Waals surface area contributed by atoms with Crippen LogP contribution in [0.5, 0.6) is 5.75 Å². The van der Waals surface area contributed by atoms with E-state index < -0.39 is 12.1 Å². The van der Waals surface area contributed by atoms with Crippen molar-refractivity contribution >= 4 is 28.2 Å². The lowest BCUT2D eigenvalue weighted by atomic mass is 9.95. The Morgan fingerprint density at radius 1 is 1.14 bits per heavy atom. The number of thiophene rings is 1. The molecule has 1 heterocycles. The van der Waals surface area contributed by atoms with Crippen LogP contribution in [0.3, 0.4) is 0 Å². The smallest absolute Gasteiger partial charge is 0.341 e. The molecule has 0 saturated heterocycles. The van der Waals surface area contributed by atoms with Gasteiger partial charge in [-0.1, -0.05) is 26.0 Å². The molecule has 1 atom stereocenters. The normalized spacial score (nSPS) is 14.3. The first-order chi connectivity index (χ1) is 13.8. The second-order valence-corrected chi connectivity index (χ2v) is 8.96. The van der Waals surface area contributed by atoms with Crippen molar-refractivity contribution < 1.29 is 19.1 Å². The van der Waals surface area contributed by atoms with Crippen LogP contribution in [0.2, 0.25) is 0 Å². The Kier molecular flexibility index (Phi) is 6.63. The number of anilines is 1. The number of aryl methyl sites for hydroxylation is 2. The van der Waals surface area contributed by atoms with Gasteiger partial charge in [0.1, 0.15) is 10.8 Å². The molecule has 6 heteroatoms. The summed E-state index contributed by atoms with van der Waals surface area (Å²) in [5, 5.41) is 3.49. The van der Waals surface area contributed by atoms with Gasteiger partial charge in [-0.05, 0) is 68.2 Å². The first-order valence-corrected chi connectivity index (χ1v) is 10.9. The topological polar surface area (TPSA) is 64.6 Å². The fourth-order valence-electron chi connectivity index (χ4n) is 3.65. The summed E-state index contributed by atoms with van der Waals surface area (Å²) in [7, 11) is 1.37. The molecule has 29 heavy (non-hydrogen) atoms. The molecule has 1 amide bonds. The van der Waals surface area contributed by atoms with Gasteiger partial charge in [-0.2, -0.15) is 0 Å². The molecule has 1 aromatic carbocycles. The van der Waals surface area contributed by atoms with Crippen molar-refractivity contribution in [2.75, 3.05) is 12.4 Å². The largest absolute Gasteiger partial charge is 0.481 e. The van der Waals surface area contributed by atoms with Crippen LogP contribution in [0.15, 0.2) is 18.2 Å². The van der Waals surface area contributed by atoms with Gasteiger partial charge in [-0.15, -0.1) is 11.3 Å². The van der Waals surface area contributed by atoms with Gasteiger partial charge in [0.05, 0.1) is 12.7 Å². The Morgan fingerprint density at radius 3 is 2.55 bits per heavy atom. The number of ether oxygens (including phenoxy) is 2. The second kappa shape index (κ2) is 8.99. The standard InChI is InChI=1S/C23H29NO4S/c1-13(2)16-11-10-14(3)12-18(16)28-15(4)21(25)24-22-20(23(26)27-5)17-8-6-7-9-19(17)29-22/h10-13,15H,6-9H2,1-5H3,(H,24,25)/t15-/m1/s1. The maximum absolute atomic E-state index is 12.9. The van der Waals surface area contributed by atoms with Crippen molar-refractivity contribution in [1.29, 1.82) is 0 Å². The van der Waals surface area contributed by atoms with E-state index in [1.165, 1.54) is 23.3 Å². The average Bonchev–Trinajstić information content (AvgIpc) is 3.04. The van der Waals surface area contributed by atoms with Crippen molar-refractivity contribution in [3.05, 3.63) is 45.3 Å². The van der Waals surface area contributed by atoms with Gasteiger partial charge in [0, 0.05) is 4.88 Å². The number of nitrogens with one attached hydrogen (secondary N) is 1. The minimum Gasteiger partial charge on any atom is -0.481 e. The SMILES string of the molecule is COC(=O)c1c(NC(=O)[C@@H](C)Oc2cc(C)ccc2C(C)C)sc2c1CCCC2. The number of carbonyl (C=O) groups is 2. The van der Waals surface area contributed by atoms with Gasteiger partial charge in [0.25, 0.3) is 5.91 Å². The second-order valence-electron chi connectivity index (χ2n) is 7.85. The number of amides is 1. The van der Waals surface area contributed by atoms with Crippen molar-refractivity contribution in [2.45, 2.75) is 65.4 Å². The first kappa shape index (κ1) is 21.4. The van der Waals surface area contributed by atoms with Gasteiger partial charge in [-0.3, -0.25) is 4.79 Å². The monoisotopic (exact) mass is 415 g/mol. The van der Waals surface area contributed by atoms with Crippen LogP contribution in [-0.4, -0.2) is 25.1 Å². The van der Waals surface area contributed by atoms with Crippen molar-refractivity contribution in [3.8, 4) is 5.75 Å². The third kappa shape index (κ3) is 4.64. The minimum atomic E-state index is -0.695. The van der Waals surface area contributed by atoms with Gasteiger partial charge < -0.3 is 14.8 Å². The lowest BCUT2D eigenvalue weighted by molar-refractivity contribution is -0.122. The van der Waals surface area contributed by atoms with E-state index in [9.17, 15) is 9.59 Å². The van der Waals surface area contributed by atoms with Gasteiger partial charge in [0.15, 0.2) is 6.10 Å². The van der Waals surface area contributed by atoms with Crippen LogP contribution in [0.4, 0.5) is 5.00 Å². The van der Waals surface area contributed by atoms with E-state index in [2.05, 4.69) is 19.2 Å². The molecule has 156 valence electrons. The van der Waals surface area contributed by atoms with E-state index in [0.29, 0.717) is 10.6 Å². The van der Waals surface area contributed by atoms with E-state index in [1.807, 2.05) is 25.1 Å². The maximum atomic E-state index is 12.9. The molecule has 0 saturated carbocycles. The van der Waals surface area contributed by atoms with Crippen molar-refractivity contribution in [2.24, 2.45) is 0 Å². The summed E-state index contributed by atoms with van der Waals surface area (Å²) in [4.78, 5) is 26.4. The molecule has 0 radical (unpaired) electrons. The summed E-state index contributed by atoms with van der Waals surface area (Å²) >= 11 is 1.48. The Balaban J connectivity index is 1.81. The summed E-state index contributed by atoms with van der Waals surface area (Å²) in [6.45, 7) is 7.93. The molecule has 0 bridgehead atoms. The van der Waals surface area contributed by atoms with Crippen LogP contribution in [-0.2, 0) is 22.4 Å². The van der Waals surface area contributed by atoms with Crippen molar-refractivity contribution in [1.82, 2.24) is 0 Å². The van der Waals surface area contributed by atoms with Crippen LogP contribution < -0.4 is 10.1 Å². The lowest BCUT2D eigenvalue weighted by Gasteiger charge is -2.19. The average molecular weight is 416 g/mol. The van der Waals surface area contributed by atoms with E-state index in [0.717, 1.165) is 48.1 Å². The Labute approximate surface area is 176 Å². The Hall–Kier alpha value is -2.34. The predicted molar refractivity (Wildman–Crippen MR) is 116 cm³/mol. The minimum absolute atomic E-state index is 0.273. The van der Waals surface area contributed by atoms with Gasteiger partial charge in [0.2, 0.25) is 0 Å². The van der Waals surface area contributed by atoms with Gasteiger partial charge >= 0.3 is 5.97 Å². The lowest BCUT2D eigenvalue weighted by Crippen LogP contribution is -2.30. The highest BCUT2D eigenvalue weighted by molar-refractivity contribution is 7.17. The molecular weight excluding hydrogens is 386 g/mol. The van der Waals surface area contributed by atoms with E-state index in [-0.39, 0.29) is 11.8 Å². The molecule has 0 aliphatic heterocycles. The molecule has 5 nitrogen and oxygen atoms in total. The number of carbonyl (C=O) groups excluding carboxylic acids is 2. The molecule has 3 rings (SSSR count). The van der Waals surface area contributed by atoms with Crippen LogP contribution in [0.1, 0.15) is 71.5 Å². The zero-order valence-electron chi connectivity index (χ0n) is 17.8. The Morgan fingerprint density at radius 2 is 1.86 bits per heavy atom.